The van der Waals surface area contributed by atoms with Gasteiger partial charge in [0.05, 0.1) is 7.11 Å². The minimum atomic E-state index is -3.71. The van der Waals surface area contributed by atoms with Gasteiger partial charge in [-0.25, -0.2) is 13.1 Å². The van der Waals surface area contributed by atoms with E-state index in [0.29, 0.717) is 5.75 Å². The van der Waals surface area contributed by atoms with Gasteiger partial charge in [0.15, 0.2) is 0 Å². The summed E-state index contributed by atoms with van der Waals surface area (Å²) < 4.78 is 34.0. The summed E-state index contributed by atoms with van der Waals surface area (Å²) >= 11 is 0. The zero-order chi connectivity index (χ0) is 21.1. The van der Waals surface area contributed by atoms with Crippen molar-refractivity contribution in [1.29, 1.82) is 0 Å². The van der Waals surface area contributed by atoms with Crippen molar-refractivity contribution in [3.05, 3.63) is 53.1 Å². The van der Waals surface area contributed by atoms with E-state index in [-0.39, 0.29) is 17.5 Å². The molecule has 0 aromatic heterocycles. The summed E-state index contributed by atoms with van der Waals surface area (Å²) in [5, 5.41) is 0. The van der Waals surface area contributed by atoms with E-state index in [2.05, 4.69) is 4.72 Å². The first-order valence-corrected chi connectivity index (χ1v) is 10.6. The van der Waals surface area contributed by atoms with E-state index in [9.17, 15) is 8.42 Å². The first-order chi connectivity index (χ1) is 13.1. The van der Waals surface area contributed by atoms with E-state index < -0.39 is 10.0 Å². The van der Waals surface area contributed by atoms with Gasteiger partial charge in [-0.2, -0.15) is 0 Å². The van der Waals surface area contributed by atoms with Gasteiger partial charge in [-0.3, -0.25) is 0 Å². The number of methoxy groups -OCH3 is 1. The maximum Gasteiger partial charge on any atom is 0.244 e. The fraction of sp³-hybridized carbons (Fsp3) is 0.429. The number of aryl methyl sites for hydroxylation is 2. The molecule has 1 N–H and O–H groups in total. The van der Waals surface area contributed by atoms with Crippen LogP contribution in [0.1, 0.15) is 22.7 Å². The Hall–Kier alpha value is -2.09. The summed E-state index contributed by atoms with van der Waals surface area (Å²) in [6, 6.07) is 11.5. The largest absolute Gasteiger partial charge is 0.495 e. The zero-order valence-electron chi connectivity index (χ0n) is 17.8. The van der Waals surface area contributed by atoms with Crippen molar-refractivity contribution in [2.24, 2.45) is 0 Å². The molecule has 2 rings (SSSR count). The van der Waals surface area contributed by atoms with Crippen molar-refractivity contribution in [2.75, 3.05) is 46.7 Å². The third-order valence-corrected chi connectivity index (χ3v) is 6.40. The van der Waals surface area contributed by atoms with Gasteiger partial charge >= 0.3 is 0 Å². The molecule has 0 bridgehead atoms. The molecule has 1 atom stereocenters. The van der Waals surface area contributed by atoms with E-state index in [1.165, 1.54) is 7.11 Å². The molecule has 0 saturated heterocycles. The summed E-state index contributed by atoms with van der Waals surface area (Å²) in [6.45, 7) is 4.08. The molecule has 6 nitrogen and oxygen atoms in total. The van der Waals surface area contributed by atoms with Gasteiger partial charge in [0, 0.05) is 32.4 Å². The van der Waals surface area contributed by atoms with Crippen molar-refractivity contribution in [2.45, 2.75) is 24.8 Å². The minimum absolute atomic E-state index is 0.0940. The molecule has 0 spiro atoms. The molecule has 0 amide bonds. The van der Waals surface area contributed by atoms with Crippen LogP contribution in [0.3, 0.4) is 0 Å². The Morgan fingerprint density at radius 2 is 1.57 bits per heavy atom. The minimum Gasteiger partial charge on any atom is -0.495 e. The predicted molar refractivity (Wildman–Crippen MR) is 115 cm³/mol. The zero-order valence-corrected chi connectivity index (χ0v) is 18.6. The molecule has 0 heterocycles. The van der Waals surface area contributed by atoms with Crippen molar-refractivity contribution in [3.8, 4) is 5.75 Å². The SMILES string of the molecule is COc1cc(C)c(C)cc1S(=O)(=O)NC[C@H](c1ccc(N(C)C)cc1)N(C)C. The first-order valence-electron chi connectivity index (χ1n) is 9.15. The molecule has 7 heteroatoms. The van der Waals surface area contributed by atoms with Crippen molar-refractivity contribution in [3.63, 3.8) is 0 Å². The Bertz CT molecular complexity index is 907. The van der Waals surface area contributed by atoms with Gasteiger partial charge in [-0.1, -0.05) is 12.1 Å². The lowest BCUT2D eigenvalue weighted by atomic mass is 10.1. The lowest BCUT2D eigenvalue weighted by Gasteiger charge is -2.26. The van der Waals surface area contributed by atoms with E-state index >= 15 is 0 Å². The molecule has 0 aliphatic carbocycles. The molecule has 28 heavy (non-hydrogen) atoms. The number of hydrogen-bond acceptors (Lipinski definition) is 5. The van der Waals surface area contributed by atoms with Gasteiger partial charge in [0.2, 0.25) is 10.0 Å². The van der Waals surface area contributed by atoms with Crippen LogP contribution in [0.15, 0.2) is 41.3 Å². The normalized spacial score (nSPS) is 12.9. The topological polar surface area (TPSA) is 61.9 Å². The fourth-order valence-corrected chi connectivity index (χ4v) is 4.26. The molecule has 0 unspecified atom stereocenters. The number of ether oxygens (including phenoxy) is 1. The molecular weight excluding hydrogens is 374 g/mol. The van der Waals surface area contributed by atoms with Crippen molar-refractivity contribution < 1.29 is 13.2 Å². The van der Waals surface area contributed by atoms with E-state index in [4.69, 9.17) is 4.74 Å². The number of rotatable bonds is 8. The second-order valence-corrected chi connectivity index (χ2v) is 9.14. The second-order valence-electron chi connectivity index (χ2n) is 7.40. The molecule has 0 aliphatic rings. The number of nitrogens with zero attached hydrogens (tertiary/aromatic N) is 2. The number of anilines is 1. The monoisotopic (exact) mass is 405 g/mol. The highest BCUT2D eigenvalue weighted by Gasteiger charge is 2.23. The molecule has 0 fully saturated rings. The third kappa shape index (κ3) is 5.04. The van der Waals surface area contributed by atoms with E-state index in [1.807, 2.05) is 76.1 Å². The van der Waals surface area contributed by atoms with Gasteiger partial charge in [-0.05, 0) is 68.9 Å². The van der Waals surface area contributed by atoms with Crippen molar-refractivity contribution >= 4 is 15.7 Å². The lowest BCUT2D eigenvalue weighted by molar-refractivity contribution is 0.299. The Morgan fingerprint density at radius 3 is 2.07 bits per heavy atom. The van der Waals surface area contributed by atoms with Crippen LogP contribution in [-0.2, 0) is 10.0 Å². The summed E-state index contributed by atoms with van der Waals surface area (Å²) in [4.78, 5) is 4.20. The highest BCUT2D eigenvalue weighted by Crippen LogP contribution is 2.28. The van der Waals surface area contributed by atoms with Crippen LogP contribution < -0.4 is 14.4 Å². The smallest absolute Gasteiger partial charge is 0.244 e. The number of sulfonamides is 1. The molecule has 2 aromatic rings. The van der Waals surface area contributed by atoms with Crippen LogP contribution in [0.5, 0.6) is 5.75 Å². The number of benzene rings is 2. The van der Waals surface area contributed by atoms with Crippen LogP contribution in [-0.4, -0.2) is 55.2 Å². The second kappa shape index (κ2) is 8.94. The summed E-state index contributed by atoms with van der Waals surface area (Å²) in [7, 11) is 5.63. The van der Waals surface area contributed by atoms with E-state index in [0.717, 1.165) is 22.4 Å². The average Bonchev–Trinajstić information content (AvgIpc) is 2.63. The molecule has 0 aliphatic heterocycles. The molecule has 154 valence electrons. The standard InChI is InChI=1S/C21H31N3O3S/c1-15-12-20(27-7)21(13-16(15)2)28(25,26)22-14-19(24(5)6)17-8-10-18(11-9-17)23(3)4/h8-13,19,22H,14H2,1-7H3/t19-/m1/s1. The summed E-state index contributed by atoms with van der Waals surface area (Å²) in [6.07, 6.45) is 0. The molecule has 2 aromatic carbocycles. The first kappa shape index (κ1) is 22.2. The van der Waals surface area contributed by atoms with Crippen LogP contribution in [0.2, 0.25) is 0 Å². The predicted octanol–water partition coefficient (Wildman–Crippen LogP) is 2.96. The van der Waals surface area contributed by atoms with Crippen LogP contribution in [0.4, 0.5) is 5.69 Å². The number of likely N-dealkylation sites (N-methyl/N-ethyl adjacent to an activating group) is 1. The van der Waals surface area contributed by atoms with E-state index in [1.54, 1.807) is 12.1 Å². The maximum atomic E-state index is 13.0. The number of nitrogens with one attached hydrogen (secondary N) is 1. The van der Waals surface area contributed by atoms with Crippen LogP contribution >= 0.6 is 0 Å². The highest BCUT2D eigenvalue weighted by molar-refractivity contribution is 7.89. The maximum absolute atomic E-state index is 13.0. The Labute approximate surface area is 169 Å². The lowest BCUT2D eigenvalue weighted by Crippen LogP contribution is -2.34. The van der Waals surface area contributed by atoms with Crippen LogP contribution in [0.25, 0.3) is 0 Å². The van der Waals surface area contributed by atoms with Gasteiger partial charge in [0.1, 0.15) is 10.6 Å². The molecule has 0 radical (unpaired) electrons. The average molecular weight is 406 g/mol. The van der Waals surface area contributed by atoms with Gasteiger partial charge in [0.25, 0.3) is 0 Å². The summed E-state index contributed by atoms with van der Waals surface area (Å²) in [5.74, 6) is 0.354. The summed E-state index contributed by atoms with van der Waals surface area (Å²) in [5.41, 5.74) is 4.04. The quantitative estimate of drug-likeness (QED) is 0.732. The molecular formula is C21H31N3O3S. The van der Waals surface area contributed by atoms with Gasteiger partial charge < -0.3 is 14.5 Å². The Morgan fingerprint density at radius 1 is 1.00 bits per heavy atom. The Kier molecular flexibility index (Phi) is 7.09. The Balaban J connectivity index is 2.27. The fourth-order valence-electron chi connectivity index (χ4n) is 2.99. The molecule has 0 saturated carbocycles. The third-order valence-electron chi connectivity index (χ3n) is 4.95. The van der Waals surface area contributed by atoms with Crippen molar-refractivity contribution in [1.82, 2.24) is 9.62 Å². The van der Waals surface area contributed by atoms with Gasteiger partial charge in [-0.15, -0.1) is 0 Å². The highest BCUT2D eigenvalue weighted by atomic mass is 32.2. The van der Waals surface area contributed by atoms with Crippen LogP contribution in [0, 0.1) is 13.8 Å². The number of hydrogen-bond donors (Lipinski definition) is 1.